The normalized spacial score (nSPS) is 14.3. The van der Waals surface area contributed by atoms with E-state index in [1.54, 1.807) is 25.1 Å². The third kappa shape index (κ3) is 4.96. The predicted molar refractivity (Wildman–Crippen MR) is 115 cm³/mol. The van der Waals surface area contributed by atoms with Crippen LogP contribution in [0.1, 0.15) is 18.1 Å². The van der Waals surface area contributed by atoms with Crippen molar-refractivity contribution in [3.05, 3.63) is 62.6 Å². The zero-order valence-corrected chi connectivity index (χ0v) is 18.3. The van der Waals surface area contributed by atoms with Crippen molar-refractivity contribution in [3.8, 4) is 11.5 Å². The maximum atomic E-state index is 14.0. The number of cyclic esters (lactones) is 1. The molecule has 0 amide bonds. The first kappa shape index (κ1) is 21.8. The highest BCUT2D eigenvalue weighted by Crippen LogP contribution is 2.35. The van der Waals surface area contributed by atoms with Crippen LogP contribution in [0.25, 0.3) is 6.08 Å². The number of aliphatic imine (C=N–C) groups is 1. The number of halogens is 2. The molecule has 0 atom stereocenters. The topological polar surface area (TPSA) is 83.4 Å². The molecular weight excluding hydrogens is 508 g/mol. The molecule has 1 heterocycles. The number of hydrogen-bond acceptors (Lipinski definition) is 7. The highest BCUT2D eigenvalue weighted by Gasteiger charge is 2.26. The van der Waals surface area contributed by atoms with E-state index >= 15 is 0 Å². The first-order chi connectivity index (χ1) is 14.4. The Morgan fingerprint density at radius 2 is 2.03 bits per heavy atom. The Bertz CT molecular complexity index is 1050. The summed E-state index contributed by atoms with van der Waals surface area (Å²) in [7, 11) is 1.27. The lowest BCUT2D eigenvalue weighted by atomic mass is 10.1. The van der Waals surface area contributed by atoms with E-state index in [1.165, 1.54) is 31.4 Å². The average Bonchev–Trinajstić information content (AvgIpc) is 3.07. The van der Waals surface area contributed by atoms with Gasteiger partial charge in [0.1, 0.15) is 5.82 Å². The minimum absolute atomic E-state index is 0.0229. The lowest BCUT2D eigenvalue weighted by molar-refractivity contribution is -0.143. The minimum atomic E-state index is -0.688. The van der Waals surface area contributed by atoms with E-state index < -0.39 is 17.8 Å². The minimum Gasteiger partial charge on any atom is -0.490 e. The second-order valence-corrected chi connectivity index (χ2v) is 7.11. The molecule has 30 heavy (non-hydrogen) atoms. The van der Waals surface area contributed by atoms with Crippen molar-refractivity contribution in [2.75, 3.05) is 20.3 Å². The van der Waals surface area contributed by atoms with Crippen molar-refractivity contribution in [2.45, 2.75) is 6.92 Å². The van der Waals surface area contributed by atoms with E-state index in [9.17, 15) is 14.0 Å². The number of carbonyl (C=O) groups excluding carboxylic acids is 2. The van der Waals surface area contributed by atoms with Crippen molar-refractivity contribution in [1.82, 2.24) is 0 Å². The molecule has 0 aliphatic carbocycles. The van der Waals surface area contributed by atoms with Crippen LogP contribution < -0.4 is 9.47 Å². The van der Waals surface area contributed by atoms with Crippen LogP contribution in [0.5, 0.6) is 11.5 Å². The molecule has 1 aliphatic rings. The number of esters is 2. The second kappa shape index (κ2) is 9.70. The molecule has 7 nitrogen and oxygen atoms in total. The summed E-state index contributed by atoms with van der Waals surface area (Å²) in [6.07, 6.45) is 1.50. The molecule has 9 heteroatoms. The molecule has 2 aromatic carbocycles. The summed E-state index contributed by atoms with van der Waals surface area (Å²) in [5.74, 6) is -1.07. The number of hydrogen-bond donors (Lipinski definition) is 0. The Morgan fingerprint density at radius 1 is 1.27 bits per heavy atom. The molecule has 0 radical (unpaired) electrons. The Hall–Kier alpha value is -2.95. The highest BCUT2D eigenvalue weighted by molar-refractivity contribution is 14.1. The van der Waals surface area contributed by atoms with E-state index in [0.717, 1.165) is 0 Å². The zero-order chi connectivity index (χ0) is 21.7. The van der Waals surface area contributed by atoms with Crippen LogP contribution in [0.15, 0.2) is 47.1 Å². The van der Waals surface area contributed by atoms with Crippen LogP contribution in [0.4, 0.5) is 4.39 Å². The number of carbonyl (C=O) groups is 2. The zero-order valence-electron chi connectivity index (χ0n) is 16.1. The summed E-state index contributed by atoms with van der Waals surface area (Å²) < 4.78 is 35.4. The van der Waals surface area contributed by atoms with Crippen LogP contribution >= 0.6 is 22.6 Å². The highest BCUT2D eigenvalue weighted by atomic mass is 127. The third-order valence-corrected chi connectivity index (χ3v) is 4.72. The lowest BCUT2D eigenvalue weighted by Crippen LogP contribution is -2.14. The summed E-state index contributed by atoms with van der Waals surface area (Å²) in [6, 6.07) is 9.28. The van der Waals surface area contributed by atoms with Gasteiger partial charge in [0.15, 0.2) is 23.8 Å². The van der Waals surface area contributed by atoms with Crippen molar-refractivity contribution >= 4 is 46.5 Å². The molecule has 0 unspecified atom stereocenters. The summed E-state index contributed by atoms with van der Waals surface area (Å²) in [5.41, 5.74) is 0.721. The summed E-state index contributed by atoms with van der Waals surface area (Å²) >= 11 is 2.03. The van der Waals surface area contributed by atoms with E-state index in [-0.39, 0.29) is 23.8 Å². The van der Waals surface area contributed by atoms with Crippen molar-refractivity contribution < 1.29 is 32.9 Å². The number of nitrogens with zero attached hydrogens (tertiary/aromatic N) is 1. The summed E-state index contributed by atoms with van der Waals surface area (Å²) in [5, 5.41) is 0. The molecule has 0 saturated carbocycles. The molecule has 0 N–H and O–H groups in total. The van der Waals surface area contributed by atoms with Gasteiger partial charge in [0.05, 0.1) is 22.9 Å². The number of rotatable bonds is 7. The van der Waals surface area contributed by atoms with Gasteiger partial charge in [0.2, 0.25) is 5.90 Å². The fraction of sp³-hybridized carbons (Fsp3) is 0.190. The quantitative estimate of drug-likeness (QED) is 0.312. The molecule has 1 aliphatic heterocycles. The van der Waals surface area contributed by atoms with Crippen molar-refractivity contribution in [2.24, 2.45) is 4.99 Å². The van der Waals surface area contributed by atoms with Gasteiger partial charge in [-0.3, -0.25) is 0 Å². The number of methoxy groups -OCH3 is 1. The van der Waals surface area contributed by atoms with Crippen LogP contribution in [0.2, 0.25) is 0 Å². The summed E-state index contributed by atoms with van der Waals surface area (Å²) in [6.45, 7) is 1.90. The van der Waals surface area contributed by atoms with Crippen LogP contribution in [-0.4, -0.2) is 38.2 Å². The maximum Gasteiger partial charge on any atom is 0.363 e. The lowest BCUT2D eigenvalue weighted by Gasteiger charge is -2.14. The van der Waals surface area contributed by atoms with E-state index in [2.05, 4.69) is 9.73 Å². The van der Waals surface area contributed by atoms with E-state index in [1.807, 2.05) is 22.6 Å². The Labute approximate surface area is 185 Å². The van der Waals surface area contributed by atoms with Gasteiger partial charge in [-0.25, -0.2) is 19.0 Å². The van der Waals surface area contributed by atoms with Gasteiger partial charge < -0.3 is 18.9 Å². The van der Waals surface area contributed by atoms with Gasteiger partial charge >= 0.3 is 11.9 Å². The molecule has 0 saturated heterocycles. The third-order valence-electron chi connectivity index (χ3n) is 3.92. The Balaban J connectivity index is 1.93. The maximum absolute atomic E-state index is 14.0. The van der Waals surface area contributed by atoms with Gasteiger partial charge in [-0.2, -0.15) is 0 Å². The Kier molecular flexibility index (Phi) is 7.03. The fourth-order valence-corrected chi connectivity index (χ4v) is 3.36. The van der Waals surface area contributed by atoms with Gasteiger partial charge in [0.25, 0.3) is 0 Å². The van der Waals surface area contributed by atoms with Gasteiger partial charge in [-0.1, -0.05) is 12.1 Å². The van der Waals surface area contributed by atoms with Gasteiger partial charge in [-0.15, -0.1) is 0 Å². The standard InChI is InChI=1S/C21H17FINO6/c1-3-28-17-10-12(8-15(23)19(17)29-11-18(25)27-2)9-16-21(26)30-20(24-16)13-6-4-5-7-14(13)22/h4-10H,3,11H2,1-2H3/b16-9-. The largest absolute Gasteiger partial charge is 0.490 e. The first-order valence-corrected chi connectivity index (χ1v) is 9.94. The van der Waals surface area contributed by atoms with E-state index in [4.69, 9.17) is 14.2 Å². The SMILES string of the molecule is CCOc1cc(/C=C2\N=C(c3ccccc3F)OC2=O)cc(I)c1OCC(=O)OC. The second-order valence-electron chi connectivity index (χ2n) is 5.94. The Morgan fingerprint density at radius 3 is 2.73 bits per heavy atom. The fourth-order valence-electron chi connectivity index (χ4n) is 2.58. The monoisotopic (exact) mass is 525 g/mol. The van der Waals surface area contributed by atoms with Crippen LogP contribution in [0, 0.1) is 9.39 Å². The molecular formula is C21H17FINO6. The molecule has 0 aromatic heterocycles. The molecule has 0 fully saturated rings. The smallest absolute Gasteiger partial charge is 0.363 e. The number of benzene rings is 2. The van der Waals surface area contributed by atoms with Crippen LogP contribution in [-0.2, 0) is 19.1 Å². The average molecular weight is 525 g/mol. The molecule has 3 rings (SSSR count). The molecule has 2 aromatic rings. The summed E-state index contributed by atoms with van der Waals surface area (Å²) in [4.78, 5) is 27.7. The van der Waals surface area contributed by atoms with E-state index in [0.29, 0.717) is 27.2 Å². The van der Waals surface area contributed by atoms with Gasteiger partial charge in [0, 0.05) is 0 Å². The van der Waals surface area contributed by atoms with Crippen molar-refractivity contribution in [1.29, 1.82) is 0 Å². The molecule has 156 valence electrons. The van der Waals surface area contributed by atoms with Crippen LogP contribution in [0.3, 0.4) is 0 Å². The molecule has 0 spiro atoms. The van der Waals surface area contributed by atoms with Gasteiger partial charge in [-0.05, 0) is 65.4 Å². The predicted octanol–water partition coefficient (Wildman–Crippen LogP) is 3.73. The van der Waals surface area contributed by atoms with Crippen molar-refractivity contribution in [3.63, 3.8) is 0 Å². The molecule has 0 bridgehead atoms. The first-order valence-electron chi connectivity index (χ1n) is 8.86. The number of ether oxygens (including phenoxy) is 4.